The van der Waals surface area contributed by atoms with Gasteiger partial charge in [-0.3, -0.25) is 4.79 Å². The first-order valence-corrected chi connectivity index (χ1v) is 9.20. The number of esters is 1. The molecule has 0 aliphatic carbocycles. The van der Waals surface area contributed by atoms with Gasteiger partial charge in [-0.2, -0.15) is 0 Å². The second-order valence-corrected chi connectivity index (χ2v) is 6.25. The van der Waals surface area contributed by atoms with E-state index in [0.717, 1.165) is 5.56 Å². The molecule has 0 bridgehead atoms. The second kappa shape index (κ2) is 9.18. The van der Waals surface area contributed by atoms with Crippen LogP contribution >= 0.6 is 0 Å². The number of fused-ring (bicyclic) bond motifs is 1. The lowest BCUT2D eigenvalue weighted by Gasteiger charge is -2.15. The van der Waals surface area contributed by atoms with E-state index in [1.54, 1.807) is 24.3 Å². The Labute approximate surface area is 168 Å². The van der Waals surface area contributed by atoms with Gasteiger partial charge in [0.05, 0.1) is 19.3 Å². The monoisotopic (exact) mass is 401 g/mol. The summed E-state index contributed by atoms with van der Waals surface area (Å²) in [7, 11) is 1.52. The Morgan fingerprint density at radius 2 is 1.90 bits per heavy atom. The van der Waals surface area contributed by atoms with Crippen molar-refractivity contribution in [3.8, 4) is 23.0 Å². The van der Waals surface area contributed by atoms with Gasteiger partial charge in [0, 0.05) is 6.54 Å². The molecule has 154 valence electrons. The summed E-state index contributed by atoms with van der Waals surface area (Å²) in [4.78, 5) is 24.7. The van der Waals surface area contributed by atoms with Crippen molar-refractivity contribution < 1.29 is 33.3 Å². The van der Waals surface area contributed by atoms with Gasteiger partial charge in [0.1, 0.15) is 0 Å². The summed E-state index contributed by atoms with van der Waals surface area (Å²) in [5.41, 5.74) is 1.11. The third-order valence-electron chi connectivity index (χ3n) is 4.26. The van der Waals surface area contributed by atoms with Crippen molar-refractivity contribution in [1.82, 2.24) is 5.32 Å². The van der Waals surface area contributed by atoms with Crippen LogP contribution in [-0.4, -0.2) is 38.5 Å². The molecule has 0 saturated heterocycles. The zero-order chi connectivity index (χ0) is 20.8. The Hall–Kier alpha value is -3.42. The zero-order valence-electron chi connectivity index (χ0n) is 16.5. The van der Waals surface area contributed by atoms with Crippen molar-refractivity contribution in [3.63, 3.8) is 0 Å². The first-order valence-electron chi connectivity index (χ1n) is 9.20. The Kier molecular flexibility index (Phi) is 6.43. The average molecular weight is 401 g/mol. The predicted molar refractivity (Wildman–Crippen MR) is 103 cm³/mol. The molecule has 0 saturated carbocycles. The summed E-state index contributed by atoms with van der Waals surface area (Å²) < 4.78 is 26.5. The summed E-state index contributed by atoms with van der Waals surface area (Å²) in [5, 5.41) is 2.74. The van der Waals surface area contributed by atoms with Gasteiger partial charge in [0.15, 0.2) is 29.1 Å². The van der Waals surface area contributed by atoms with E-state index in [0.29, 0.717) is 29.6 Å². The number of ether oxygens (including phenoxy) is 5. The van der Waals surface area contributed by atoms with Crippen molar-refractivity contribution in [2.45, 2.75) is 26.5 Å². The molecule has 0 fully saturated rings. The lowest BCUT2D eigenvalue weighted by atomic mass is 10.2. The molecule has 29 heavy (non-hydrogen) atoms. The van der Waals surface area contributed by atoms with E-state index >= 15 is 0 Å². The van der Waals surface area contributed by atoms with Crippen LogP contribution in [0, 0.1) is 0 Å². The Morgan fingerprint density at radius 3 is 2.66 bits per heavy atom. The molecule has 1 aliphatic rings. The highest BCUT2D eigenvalue weighted by Crippen LogP contribution is 2.32. The molecule has 0 radical (unpaired) electrons. The van der Waals surface area contributed by atoms with Crippen molar-refractivity contribution in [3.05, 3.63) is 47.5 Å². The van der Waals surface area contributed by atoms with E-state index in [1.165, 1.54) is 20.1 Å². The van der Waals surface area contributed by atoms with Gasteiger partial charge in [0.25, 0.3) is 5.91 Å². The maximum atomic E-state index is 12.4. The number of rotatable bonds is 8. The lowest BCUT2D eigenvalue weighted by Crippen LogP contribution is -2.35. The maximum absolute atomic E-state index is 12.4. The largest absolute Gasteiger partial charge is 0.493 e. The number of carbonyl (C=O) groups is 2. The molecule has 1 N–H and O–H groups in total. The Morgan fingerprint density at radius 1 is 1.10 bits per heavy atom. The molecule has 1 atom stereocenters. The van der Waals surface area contributed by atoms with Crippen LogP contribution in [0.2, 0.25) is 0 Å². The van der Waals surface area contributed by atoms with Crippen molar-refractivity contribution in [2.24, 2.45) is 0 Å². The fraction of sp³-hybridized carbons (Fsp3) is 0.333. The highest BCUT2D eigenvalue weighted by atomic mass is 16.7. The summed E-state index contributed by atoms with van der Waals surface area (Å²) in [6.07, 6.45) is -0.964. The molecule has 2 aromatic rings. The zero-order valence-corrected chi connectivity index (χ0v) is 16.5. The van der Waals surface area contributed by atoms with Crippen LogP contribution in [-0.2, 0) is 16.1 Å². The fourth-order valence-corrected chi connectivity index (χ4v) is 2.74. The number of benzene rings is 2. The molecule has 0 unspecified atom stereocenters. The van der Waals surface area contributed by atoms with Gasteiger partial charge in [-0.1, -0.05) is 6.07 Å². The molecule has 1 aliphatic heterocycles. The third kappa shape index (κ3) is 4.90. The summed E-state index contributed by atoms with van der Waals surface area (Å²) >= 11 is 0. The van der Waals surface area contributed by atoms with Crippen molar-refractivity contribution in [2.75, 3.05) is 20.5 Å². The molecular formula is C21H23NO7. The minimum atomic E-state index is -0.964. The van der Waals surface area contributed by atoms with Gasteiger partial charge in [-0.25, -0.2) is 4.79 Å². The molecule has 0 aromatic heterocycles. The average Bonchev–Trinajstić information content (AvgIpc) is 3.20. The van der Waals surface area contributed by atoms with Crippen LogP contribution in [0.5, 0.6) is 23.0 Å². The highest BCUT2D eigenvalue weighted by Gasteiger charge is 2.20. The van der Waals surface area contributed by atoms with Crippen LogP contribution in [0.4, 0.5) is 0 Å². The van der Waals surface area contributed by atoms with Gasteiger partial charge in [-0.05, 0) is 49.7 Å². The van der Waals surface area contributed by atoms with E-state index in [4.69, 9.17) is 23.7 Å². The molecule has 8 nitrogen and oxygen atoms in total. The van der Waals surface area contributed by atoms with Gasteiger partial charge >= 0.3 is 5.97 Å². The fourth-order valence-electron chi connectivity index (χ4n) is 2.74. The van der Waals surface area contributed by atoms with Crippen LogP contribution < -0.4 is 24.3 Å². The smallest absolute Gasteiger partial charge is 0.339 e. The minimum absolute atomic E-state index is 0.189. The molecule has 3 rings (SSSR count). The third-order valence-corrected chi connectivity index (χ3v) is 4.26. The molecular weight excluding hydrogens is 378 g/mol. The van der Waals surface area contributed by atoms with E-state index < -0.39 is 18.0 Å². The van der Waals surface area contributed by atoms with Gasteiger partial charge in [-0.15, -0.1) is 0 Å². The normalized spacial score (nSPS) is 12.8. The van der Waals surface area contributed by atoms with Gasteiger partial charge < -0.3 is 29.0 Å². The SMILES string of the molecule is CCOc1cc(C(=O)O[C@@H](C)C(=O)NCc2ccc3c(c2)OCO3)ccc1OC. The van der Waals surface area contributed by atoms with Crippen LogP contribution in [0.25, 0.3) is 0 Å². The Balaban J connectivity index is 1.56. The Bertz CT molecular complexity index is 897. The summed E-state index contributed by atoms with van der Waals surface area (Å²) in [6.45, 7) is 4.23. The lowest BCUT2D eigenvalue weighted by molar-refractivity contribution is -0.129. The number of amides is 1. The number of hydrogen-bond acceptors (Lipinski definition) is 7. The maximum Gasteiger partial charge on any atom is 0.339 e. The number of carbonyl (C=O) groups excluding carboxylic acids is 2. The highest BCUT2D eigenvalue weighted by molar-refractivity contribution is 5.92. The standard InChI is InChI=1S/C21H23NO7/c1-4-26-19-10-15(6-8-16(19)25-3)21(24)29-13(2)20(23)22-11-14-5-7-17-18(9-14)28-12-27-17/h5-10,13H,4,11-12H2,1-3H3,(H,22,23)/t13-/m0/s1. The molecule has 8 heteroatoms. The quantitative estimate of drug-likeness (QED) is 0.680. The number of methoxy groups -OCH3 is 1. The molecule has 1 heterocycles. The van der Waals surface area contributed by atoms with E-state index in [9.17, 15) is 9.59 Å². The summed E-state index contributed by atoms with van der Waals surface area (Å²) in [5.74, 6) is 1.23. The van der Waals surface area contributed by atoms with Crippen LogP contribution in [0.1, 0.15) is 29.8 Å². The number of hydrogen-bond donors (Lipinski definition) is 1. The van der Waals surface area contributed by atoms with Crippen molar-refractivity contribution in [1.29, 1.82) is 0 Å². The van der Waals surface area contributed by atoms with E-state index in [-0.39, 0.29) is 18.9 Å². The molecule has 1 amide bonds. The predicted octanol–water partition coefficient (Wildman–Crippen LogP) is 2.68. The minimum Gasteiger partial charge on any atom is -0.493 e. The molecule has 2 aromatic carbocycles. The van der Waals surface area contributed by atoms with E-state index in [1.807, 2.05) is 13.0 Å². The number of nitrogens with one attached hydrogen (secondary N) is 1. The topological polar surface area (TPSA) is 92.3 Å². The first kappa shape index (κ1) is 20.3. The van der Waals surface area contributed by atoms with Crippen LogP contribution in [0.3, 0.4) is 0 Å². The summed E-state index contributed by atoms with van der Waals surface area (Å²) in [6, 6.07) is 10.1. The van der Waals surface area contributed by atoms with Crippen molar-refractivity contribution >= 4 is 11.9 Å². The second-order valence-electron chi connectivity index (χ2n) is 6.25. The van der Waals surface area contributed by atoms with Gasteiger partial charge in [0.2, 0.25) is 6.79 Å². The van der Waals surface area contributed by atoms with E-state index in [2.05, 4.69) is 5.32 Å². The van der Waals surface area contributed by atoms with Crippen LogP contribution in [0.15, 0.2) is 36.4 Å². The molecule has 0 spiro atoms. The first-order chi connectivity index (χ1) is 14.0.